The van der Waals surface area contributed by atoms with Crippen LogP contribution in [-0.2, 0) is 16.0 Å². The summed E-state index contributed by atoms with van der Waals surface area (Å²) in [4.78, 5) is 36.5. The molecule has 0 saturated carbocycles. The molecule has 0 fully saturated rings. The normalized spacial score (nSPS) is 11.7. The van der Waals surface area contributed by atoms with Gasteiger partial charge in [0.2, 0.25) is 0 Å². The Morgan fingerprint density at radius 3 is 2.60 bits per heavy atom. The number of rotatable bonds is 8. The number of amides is 1. The first-order valence-corrected chi connectivity index (χ1v) is 9.59. The zero-order chi connectivity index (χ0) is 21.5. The Kier molecular flexibility index (Phi) is 6.85. The van der Waals surface area contributed by atoms with E-state index in [-0.39, 0.29) is 17.2 Å². The monoisotopic (exact) mass is 409 g/mol. The van der Waals surface area contributed by atoms with Crippen molar-refractivity contribution >= 4 is 22.8 Å². The van der Waals surface area contributed by atoms with Crippen LogP contribution in [-0.4, -0.2) is 31.6 Å². The van der Waals surface area contributed by atoms with Crippen molar-refractivity contribution in [2.75, 3.05) is 13.7 Å². The Balaban J connectivity index is 1.55. The molecule has 7 heteroatoms. The minimum Gasteiger partial charge on any atom is -0.493 e. The van der Waals surface area contributed by atoms with Gasteiger partial charge in [0.25, 0.3) is 5.91 Å². The predicted molar refractivity (Wildman–Crippen MR) is 112 cm³/mol. The summed E-state index contributed by atoms with van der Waals surface area (Å²) in [6.45, 7) is 1.40. The molecule has 156 valence electrons. The number of para-hydroxylation sites is 1. The van der Waals surface area contributed by atoms with E-state index in [0.29, 0.717) is 11.1 Å². The fraction of sp³-hybridized carbons (Fsp3) is 0.261. The van der Waals surface area contributed by atoms with Crippen LogP contribution in [0, 0.1) is 0 Å². The van der Waals surface area contributed by atoms with Gasteiger partial charge >= 0.3 is 11.6 Å². The molecule has 1 amide bonds. The number of methoxy groups -OCH3 is 1. The van der Waals surface area contributed by atoms with Crippen LogP contribution in [0.1, 0.15) is 29.3 Å². The largest absolute Gasteiger partial charge is 0.493 e. The van der Waals surface area contributed by atoms with Gasteiger partial charge in [0, 0.05) is 11.4 Å². The van der Waals surface area contributed by atoms with Crippen LogP contribution >= 0.6 is 0 Å². The Bertz CT molecular complexity index is 1090. The summed E-state index contributed by atoms with van der Waals surface area (Å²) in [6, 6.07) is 16.3. The summed E-state index contributed by atoms with van der Waals surface area (Å²) < 4.78 is 15.3. The average molecular weight is 409 g/mol. The van der Waals surface area contributed by atoms with Crippen LogP contribution in [0.3, 0.4) is 0 Å². The van der Waals surface area contributed by atoms with E-state index in [0.717, 1.165) is 12.8 Å². The second kappa shape index (κ2) is 9.73. The summed E-state index contributed by atoms with van der Waals surface area (Å²) in [5.74, 6) is -0.968. The molecule has 7 nitrogen and oxygen atoms in total. The van der Waals surface area contributed by atoms with Crippen LogP contribution < -0.4 is 15.7 Å². The van der Waals surface area contributed by atoms with Gasteiger partial charge in [-0.2, -0.15) is 0 Å². The average Bonchev–Trinajstić information content (AvgIpc) is 2.76. The van der Waals surface area contributed by atoms with Crippen molar-refractivity contribution in [3.05, 3.63) is 76.1 Å². The molecule has 0 aliphatic rings. The lowest BCUT2D eigenvalue weighted by Crippen LogP contribution is -2.36. The van der Waals surface area contributed by atoms with Crippen LogP contribution in [0.2, 0.25) is 0 Å². The molecular formula is C23H23NO6. The molecule has 0 aliphatic carbocycles. The predicted octanol–water partition coefficient (Wildman–Crippen LogP) is 3.10. The van der Waals surface area contributed by atoms with E-state index < -0.39 is 24.1 Å². The van der Waals surface area contributed by atoms with Crippen LogP contribution in [0.5, 0.6) is 5.75 Å². The second-order valence-electron chi connectivity index (χ2n) is 6.90. The van der Waals surface area contributed by atoms with Gasteiger partial charge in [-0.05, 0) is 37.5 Å². The molecule has 2 aromatic carbocycles. The molecule has 0 bridgehead atoms. The van der Waals surface area contributed by atoms with Gasteiger partial charge in [-0.15, -0.1) is 0 Å². The van der Waals surface area contributed by atoms with Gasteiger partial charge in [0.05, 0.1) is 7.11 Å². The third-order valence-electron chi connectivity index (χ3n) is 4.61. The topological polar surface area (TPSA) is 94.8 Å². The SMILES string of the molecule is COc1cccc2cc(C(=O)OCC(=O)NC(C)CCc3ccccc3)c(=O)oc12. The zero-order valence-electron chi connectivity index (χ0n) is 16.8. The summed E-state index contributed by atoms with van der Waals surface area (Å²) in [5, 5.41) is 3.30. The maximum Gasteiger partial charge on any atom is 0.351 e. The fourth-order valence-corrected chi connectivity index (χ4v) is 3.05. The van der Waals surface area contributed by atoms with Gasteiger partial charge in [-0.1, -0.05) is 42.5 Å². The number of hydrogen-bond donors (Lipinski definition) is 1. The Labute approximate surface area is 173 Å². The van der Waals surface area contributed by atoms with E-state index in [1.54, 1.807) is 18.2 Å². The summed E-state index contributed by atoms with van der Waals surface area (Å²) in [5.41, 5.74) is 0.297. The van der Waals surface area contributed by atoms with Gasteiger partial charge in [0.15, 0.2) is 17.9 Å². The summed E-state index contributed by atoms with van der Waals surface area (Å²) >= 11 is 0. The molecule has 3 rings (SSSR count). The summed E-state index contributed by atoms with van der Waals surface area (Å²) in [6.07, 6.45) is 1.57. The maximum atomic E-state index is 12.3. The van der Waals surface area contributed by atoms with E-state index in [4.69, 9.17) is 13.9 Å². The van der Waals surface area contributed by atoms with E-state index >= 15 is 0 Å². The maximum absolute atomic E-state index is 12.3. The molecule has 0 saturated heterocycles. The zero-order valence-corrected chi connectivity index (χ0v) is 16.8. The smallest absolute Gasteiger partial charge is 0.351 e. The van der Waals surface area contributed by atoms with Crippen LogP contribution in [0.25, 0.3) is 11.0 Å². The highest BCUT2D eigenvalue weighted by atomic mass is 16.5. The van der Waals surface area contributed by atoms with Crippen molar-refractivity contribution in [2.45, 2.75) is 25.8 Å². The first-order valence-electron chi connectivity index (χ1n) is 9.59. The molecule has 1 unspecified atom stereocenters. The molecular weight excluding hydrogens is 386 g/mol. The minimum absolute atomic E-state index is 0.0883. The standard InChI is InChI=1S/C23H23NO6/c1-15(11-12-16-7-4-3-5-8-16)24-20(25)14-29-22(26)18-13-17-9-6-10-19(28-2)21(17)30-23(18)27/h3-10,13,15H,11-12,14H2,1-2H3,(H,24,25). The number of carbonyl (C=O) groups is 2. The van der Waals surface area contributed by atoms with Gasteiger partial charge < -0.3 is 19.2 Å². The van der Waals surface area contributed by atoms with Gasteiger partial charge in [-0.3, -0.25) is 4.79 Å². The van der Waals surface area contributed by atoms with Crippen molar-refractivity contribution in [1.29, 1.82) is 0 Å². The highest BCUT2D eigenvalue weighted by Crippen LogP contribution is 2.24. The number of benzene rings is 2. The molecule has 1 atom stereocenters. The Morgan fingerprint density at radius 1 is 1.10 bits per heavy atom. The van der Waals surface area contributed by atoms with Crippen molar-refractivity contribution in [3.63, 3.8) is 0 Å². The first-order chi connectivity index (χ1) is 14.5. The number of aryl methyl sites for hydroxylation is 1. The minimum atomic E-state index is -0.916. The van der Waals surface area contributed by atoms with Crippen molar-refractivity contribution in [1.82, 2.24) is 5.32 Å². The third-order valence-corrected chi connectivity index (χ3v) is 4.61. The number of hydrogen-bond acceptors (Lipinski definition) is 6. The van der Waals surface area contributed by atoms with Crippen molar-refractivity contribution < 1.29 is 23.5 Å². The molecule has 30 heavy (non-hydrogen) atoms. The Morgan fingerprint density at radius 2 is 1.87 bits per heavy atom. The molecule has 0 spiro atoms. The fourth-order valence-electron chi connectivity index (χ4n) is 3.05. The molecule has 0 aliphatic heterocycles. The van der Waals surface area contributed by atoms with Crippen LogP contribution in [0.15, 0.2) is 63.8 Å². The van der Waals surface area contributed by atoms with E-state index in [1.165, 1.54) is 18.7 Å². The third kappa shape index (κ3) is 5.26. The summed E-state index contributed by atoms with van der Waals surface area (Å²) in [7, 11) is 1.45. The number of fused-ring (bicyclic) bond motifs is 1. The second-order valence-corrected chi connectivity index (χ2v) is 6.90. The number of nitrogens with one attached hydrogen (secondary N) is 1. The molecule has 1 aromatic heterocycles. The van der Waals surface area contributed by atoms with Crippen molar-refractivity contribution in [3.8, 4) is 5.75 Å². The molecule has 3 aromatic rings. The molecule has 1 heterocycles. The van der Waals surface area contributed by atoms with E-state index in [2.05, 4.69) is 5.32 Å². The van der Waals surface area contributed by atoms with E-state index in [9.17, 15) is 14.4 Å². The molecule has 1 N–H and O–H groups in total. The van der Waals surface area contributed by atoms with Gasteiger partial charge in [-0.25, -0.2) is 9.59 Å². The lowest BCUT2D eigenvalue weighted by Gasteiger charge is -2.14. The van der Waals surface area contributed by atoms with Gasteiger partial charge in [0.1, 0.15) is 5.56 Å². The first kappa shape index (κ1) is 21.1. The highest BCUT2D eigenvalue weighted by Gasteiger charge is 2.18. The number of ether oxygens (including phenoxy) is 2. The Hall–Kier alpha value is -3.61. The van der Waals surface area contributed by atoms with Crippen molar-refractivity contribution in [2.24, 2.45) is 0 Å². The van der Waals surface area contributed by atoms with E-state index in [1.807, 2.05) is 37.3 Å². The lowest BCUT2D eigenvalue weighted by atomic mass is 10.1. The lowest BCUT2D eigenvalue weighted by molar-refractivity contribution is -0.124. The number of carbonyl (C=O) groups excluding carboxylic acids is 2. The quantitative estimate of drug-likeness (QED) is 0.454. The van der Waals surface area contributed by atoms with Crippen LogP contribution in [0.4, 0.5) is 0 Å². The number of esters is 1. The highest BCUT2D eigenvalue weighted by molar-refractivity contribution is 5.95. The molecule has 0 radical (unpaired) electrons.